The summed E-state index contributed by atoms with van der Waals surface area (Å²) in [5.41, 5.74) is 0. The van der Waals surface area contributed by atoms with Crippen LogP contribution >= 0.6 is 0 Å². The van der Waals surface area contributed by atoms with Crippen LogP contribution in [0.25, 0.3) is 0 Å². The molecular weight excluding hydrogens is 427 g/mol. The van der Waals surface area contributed by atoms with Crippen LogP contribution in [0.2, 0.25) is 0 Å². The predicted octanol–water partition coefficient (Wildman–Crippen LogP) is 1.84. The molecule has 1 saturated heterocycles. The molecule has 0 radical (unpaired) electrons. The molecule has 0 aromatic heterocycles. The Morgan fingerprint density at radius 2 is 1.83 bits per heavy atom. The monoisotopic (exact) mass is 456 g/mol. The molecule has 1 fully saturated rings. The van der Waals surface area contributed by atoms with Gasteiger partial charge in [0.2, 0.25) is 12.1 Å². The Bertz CT molecular complexity index is 619. The fourth-order valence-electron chi connectivity index (χ4n) is 2.45. The molecule has 0 N–H and O–H groups in total. The number of halogens is 5. The highest BCUT2D eigenvalue weighted by atomic mass is 32.2. The second-order valence-corrected chi connectivity index (χ2v) is 8.76. The topological polar surface area (TPSA) is 86.7 Å². The van der Waals surface area contributed by atoms with Crippen molar-refractivity contribution in [2.75, 3.05) is 46.9 Å². The molecule has 0 spiro atoms. The molecule has 29 heavy (non-hydrogen) atoms. The number of hydrogen-bond donors (Lipinski definition) is 0. The van der Waals surface area contributed by atoms with Crippen molar-refractivity contribution < 1.29 is 48.9 Å². The van der Waals surface area contributed by atoms with Gasteiger partial charge in [0.1, 0.15) is 6.54 Å². The number of alkyl halides is 5. The van der Waals surface area contributed by atoms with Crippen LogP contribution in [0.1, 0.15) is 26.7 Å². The van der Waals surface area contributed by atoms with Crippen molar-refractivity contribution in [3.63, 3.8) is 0 Å². The first kappa shape index (κ1) is 27.9. The van der Waals surface area contributed by atoms with Gasteiger partial charge in [-0.15, -0.1) is 0 Å². The molecule has 1 aliphatic rings. The number of carbonyl (C=O) groups excluding carboxylic acids is 1. The minimum absolute atomic E-state index is 0.322. The highest BCUT2D eigenvalue weighted by Crippen LogP contribution is 2.30. The first-order chi connectivity index (χ1) is 13.1. The van der Waals surface area contributed by atoms with Crippen LogP contribution in [0.5, 0.6) is 0 Å². The van der Waals surface area contributed by atoms with Gasteiger partial charge in [-0.3, -0.25) is 4.79 Å². The van der Waals surface area contributed by atoms with Gasteiger partial charge >= 0.3 is 5.25 Å². The summed E-state index contributed by atoms with van der Waals surface area (Å²) in [6, 6.07) is 0.425. The van der Waals surface area contributed by atoms with Crippen molar-refractivity contribution in [2.45, 2.75) is 50.6 Å². The number of quaternary nitrogens is 1. The fourth-order valence-corrected chi connectivity index (χ4v) is 2.83. The molecule has 0 saturated carbocycles. The second kappa shape index (κ2) is 11.4. The lowest BCUT2D eigenvalue weighted by atomic mass is 10.2. The molecule has 1 rings (SSSR count). The van der Waals surface area contributed by atoms with Gasteiger partial charge in [0.25, 0.3) is 6.43 Å². The maximum Gasteiger partial charge on any atom is 0.370 e. The maximum atomic E-state index is 11.8. The second-order valence-electron chi connectivity index (χ2n) is 7.31. The molecule has 2 atom stereocenters. The van der Waals surface area contributed by atoms with Gasteiger partial charge in [0, 0.05) is 19.1 Å². The van der Waals surface area contributed by atoms with Gasteiger partial charge in [0.05, 0.1) is 33.8 Å². The van der Waals surface area contributed by atoms with Crippen molar-refractivity contribution in [3.05, 3.63) is 0 Å². The quantitative estimate of drug-likeness (QED) is 0.217. The Morgan fingerprint density at radius 1 is 1.28 bits per heavy atom. The Kier molecular flexibility index (Phi) is 11.0. The number of likely N-dealkylation sites (N-methyl/N-ethyl adjacent to an activating group) is 1. The van der Waals surface area contributed by atoms with Gasteiger partial charge in [-0.05, 0) is 20.3 Å². The Morgan fingerprint density at radius 3 is 2.17 bits per heavy atom. The maximum absolute atomic E-state index is 11.8. The van der Waals surface area contributed by atoms with Crippen molar-refractivity contribution >= 4 is 16.0 Å². The highest BCUT2D eigenvalue weighted by molar-refractivity contribution is 7.86. The van der Waals surface area contributed by atoms with E-state index in [1.54, 1.807) is 0 Å². The third-order valence-corrected chi connectivity index (χ3v) is 5.39. The molecule has 1 heterocycles. The van der Waals surface area contributed by atoms with E-state index < -0.39 is 28.0 Å². The van der Waals surface area contributed by atoms with E-state index >= 15 is 0 Å². The van der Waals surface area contributed by atoms with Crippen molar-refractivity contribution in [2.24, 2.45) is 0 Å². The number of ether oxygens (including phenoxy) is 1. The summed E-state index contributed by atoms with van der Waals surface area (Å²) >= 11 is 0. The minimum atomic E-state index is -6.38. The zero-order valence-electron chi connectivity index (χ0n) is 16.9. The Balaban J connectivity index is 0.000000578. The smallest absolute Gasteiger partial charge is 0.370 e. The molecule has 7 nitrogen and oxygen atoms in total. The van der Waals surface area contributed by atoms with E-state index in [0.29, 0.717) is 11.9 Å². The van der Waals surface area contributed by atoms with Gasteiger partial charge in [-0.2, -0.15) is 8.78 Å². The van der Waals surface area contributed by atoms with Crippen LogP contribution < -0.4 is 0 Å². The average Bonchev–Trinajstić information content (AvgIpc) is 2.90. The molecule has 1 aliphatic heterocycles. The van der Waals surface area contributed by atoms with Crippen molar-refractivity contribution in [1.29, 1.82) is 0 Å². The standard InChI is InChI=1S/C13H27N2O2.C3H3F5O3S/c1-5-17-11-10-15(3,4)9-8-14-12(2)6-7-13(14)16;4-1(2(5)6)3(7,8)12(9,10)11/h12H,5-11H2,1-4H3;1-2H,(H,9,10,11)/q+1;/p-1. The van der Waals surface area contributed by atoms with Crippen LogP contribution in [0.4, 0.5) is 22.0 Å². The largest absolute Gasteiger partial charge is 0.743 e. The van der Waals surface area contributed by atoms with Gasteiger partial charge in [-0.25, -0.2) is 21.6 Å². The van der Waals surface area contributed by atoms with Crippen LogP contribution in [0, 0.1) is 0 Å². The molecule has 174 valence electrons. The Hall–Kier alpha value is -1.05. The number of nitrogens with zero attached hydrogens (tertiary/aromatic N) is 2. The van der Waals surface area contributed by atoms with E-state index in [-0.39, 0.29) is 0 Å². The summed E-state index contributed by atoms with van der Waals surface area (Å²) in [4.78, 5) is 13.7. The number of rotatable bonds is 10. The number of likely N-dealkylation sites (tertiary alicyclic amines) is 1. The first-order valence-electron chi connectivity index (χ1n) is 9.01. The van der Waals surface area contributed by atoms with Crippen molar-refractivity contribution in [3.8, 4) is 0 Å². The third-order valence-electron chi connectivity index (χ3n) is 4.50. The van der Waals surface area contributed by atoms with Gasteiger partial charge < -0.3 is 18.7 Å². The van der Waals surface area contributed by atoms with E-state index in [0.717, 1.165) is 50.2 Å². The molecular formula is C16H29F5N2O5S. The summed E-state index contributed by atoms with van der Waals surface area (Å²) in [7, 11) is -1.99. The molecule has 1 amide bonds. The number of hydrogen-bond acceptors (Lipinski definition) is 5. The molecule has 0 aromatic rings. The summed E-state index contributed by atoms with van der Waals surface area (Å²) in [5, 5.41) is -5.58. The van der Waals surface area contributed by atoms with Gasteiger partial charge in [-0.1, -0.05) is 0 Å². The normalized spacial score (nSPS) is 19.3. The van der Waals surface area contributed by atoms with E-state index in [4.69, 9.17) is 4.74 Å². The van der Waals surface area contributed by atoms with Crippen LogP contribution in [0.3, 0.4) is 0 Å². The summed E-state index contributed by atoms with van der Waals surface area (Å²) < 4.78 is 92.6. The van der Waals surface area contributed by atoms with Crippen LogP contribution in [-0.4, -0.2) is 99.1 Å². The zero-order chi connectivity index (χ0) is 23.0. The summed E-state index contributed by atoms with van der Waals surface area (Å²) in [6.45, 7) is 8.62. The SMILES string of the molecule is CCOCC[N+](C)(C)CCN1C(=O)CCC1C.O=S(=O)([O-])C(F)(F)C(F)C(F)F. The number of carbonyl (C=O) groups is 1. The minimum Gasteiger partial charge on any atom is -0.743 e. The van der Waals surface area contributed by atoms with E-state index in [9.17, 15) is 39.7 Å². The molecule has 13 heteroatoms. The highest BCUT2D eigenvalue weighted by Gasteiger charge is 2.52. The van der Waals surface area contributed by atoms with E-state index in [1.165, 1.54) is 0 Å². The number of amides is 1. The lowest BCUT2D eigenvalue weighted by Gasteiger charge is -2.32. The van der Waals surface area contributed by atoms with E-state index in [1.807, 2.05) is 11.8 Å². The molecule has 2 unspecified atom stereocenters. The fraction of sp³-hybridized carbons (Fsp3) is 0.938. The summed E-state index contributed by atoms with van der Waals surface area (Å²) in [5.74, 6) is 0.322. The zero-order valence-corrected chi connectivity index (χ0v) is 17.7. The van der Waals surface area contributed by atoms with Gasteiger partial charge in [0.15, 0.2) is 10.1 Å². The predicted molar refractivity (Wildman–Crippen MR) is 94.3 cm³/mol. The van der Waals surface area contributed by atoms with Crippen molar-refractivity contribution in [1.82, 2.24) is 4.90 Å². The summed E-state index contributed by atoms with van der Waals surface area (Å²) in [6.07, 6.45) is -6.76. The average molecular weight is 456 g/mol. The first-order valence-corrected chi connectivity index (χ1v) is 10.4. The molecule has 0 bridgehead atoms. The molecule has 0 aromatic carbocycles. The van der Waals surface area contributed by atoms with Crippen LogP contribution in [0.15, 0.2) is 0 Å². The third kappa shape index (κ3) is 9.09. The lowest BCUT2D eigenvalue weighted by molar-refractivity contribution is -0.890. The van der Waals surface area contributed by atoms with E-state index in [2.05, 4.69) is 21.0 Å². The Labute approximate surface area is 168 Å². The lowest BCUT2D eigenvalue weighted by Crippen LogP contribution is -2.48. The van der Waals surface area contributed by atoms with Crippen LogP contribution in [-0.2, 0) is 19.6 Å². The molecule has 0 aliphatic carbocycles.